The van der Waals surface area contributed by atoms with E-state index in [0.29, 0.717) is 18.9 Å². The van der Waals surface area contributed by atoms with E-state index in [-0.39, 0.29) is 16.5 Å². The third-order valence-electron chi connectivity index (χ3n) is 2.37. The summed E-state index contributed by atoms with van der Waals surface area (Å²) in [6, 6.07) is 0. The van der Waals surface area contributed by atoms with Crippen molar-refractivity contribution >= 4 is 21.6 Å². The molecule has 1 unspecified atom stereocenters. The van der Waals surface area contributed by atoms with Gasteiger partial charge in [-0.3, -0.25) is 0 Å². The van der Waals surface area contributed by atoms with Crippen LogP contribution in [0.3, 0.4) is 0 Å². The van der Waals surface area contributed by atoms with Crippen molar-refractivity contribution in [3.8, 4) is 0 Å². The Morgan fingerprint density at radius 1 is 1.24 bits per heavy atom. The first-order chi connectivity index (χ1) is 7.52. The van der Waals surface area contributed by atoms with Crippen LogP contribution in [0, 0.1) is 11.3 Å². The lowest BCUT2D eigenvalue weighted by molar-refractivity contribution is 0.396. The van der Waals surface area contributed by atoms with Crippen molar-refractivity contribution in [3.05, 3.63) is 0 Å². The molecule has 0 radical (unpaired) electrons. The van der Waals surface area contributed by atoms with Gasteiger partial charge in [0.2, 0.25) is 10.0 Å². The highest BCUT2D eigenvalue weighted by atomic mass is 35.5. The molecule has 104 valence electrons. The second-order valence-electron chi connectivity index (χ2n) is 6.20. The highest BCUT2D eigenvalue weighted by molar-refractivity contribution is 7.89. The molecule has 0 aliphatic heterocycles. The van der Waals surface area contributed by atoms with Crippen LogP contribution in [0.15, 0.2) is 0 Å². The molecule has 1 N–H and O–H groups in total. The van der Waals surface area contributed by atoms with Crippen LogP contribution in [-0.2, 0) is 10.0 Å². The molecule has 0 fully saturated rings. The Kier molecular flexibility index (Phi) is 7.04. The van der Waals surface area contributed by atoms with E-state index in [9.17, 15) is 8.42 Å². The van der Waals surface area contributed by atoms with Gasteiger partial charge in [0, 0.05) is 11.9 Å². The predicted molar refractivity (Wildman–Crippen MR) is 75.0 cm³/mol. The average Bonchev–Trinajstić information content (AvgIpc) is 2.10. The van der Waals surface area contributed by atoms with E-state index in [1.165, 1.54) is 0 Å². The lowest BCUT2D eigenvalue weighted by Crippen LogP contribution is -2.33. The molecule has 1 atom stereocenters. The highest BCUT2D eigenvalue weighted by Gasteiger charge is 2.18. The molecule has 0 bridgehead atoms. The van der Waals surface area contributed by atoms with Crippen molar-refractivity contribution in [2.45, 2.75) is 52.8 Å². The molecule has 0 aromatic heterocycles. The molecule has 0 aromatic rings. The molecule has 5 heteroatoms. The van der Waals surface area contributed by atoms with Crippen molar-refractivity contribution in [1.29, 1.82) is 0 Å². The molecular weight excluding hydrogens is 258 g/mol. The Bertz CT molecular complexity index is 307. The quantitative estimate of drug-likeness (QED) is 0.730. The minimum atomic E-state index is -3.18. The Balaban J connectivity index is 4.02. The largest absolute Gasteiger partial charge is 0.214 e. The van der Waals surface area contributed by atoms with Crippen molar-refractivity contribution in [3.63, 3.8) is 0 Å². The second kappa shape index (κ2) is 6.95. The van der Waals surface area contributed by atoms with Gasteiger partial charge in [0.05, 0.1) is 5.75 Å². The van der Waals surface area contributed by atoms with Crippen LogP contribution in [0.25, 0.3) is 0 Å². The Labute approximate surface area is 111 Å². The van der Waals surface area contributed by atoms with E-state index in [4.69, 9.17) is 11.6 Å². The first-order valence-electron chi connectivity index (χ1n) is 6.13. The standard InChI is InChI=1S/C12H26ClNO2S/c1-10(2)8-11(13)9-14-17(15,16)7-6-12(3,4)5/h10-11,14H,6-9H2,1-5H3. The smallest absolute Gasteiger partial charge is 0.211 e. The Hall–Kier alpha value is 0.200. The maximum atomic E-state index is 11.7. The zero-order valence-corrected chi connectivity index (χ0v) is 13.2. The van der Waals surface area contributed by atoms with Gasteiger partial charge in [-0.25, -0.2) is 13.1 Å². The number of alkyl halides is 1. The van der Waals surface area contributed by atoms with Gasteiger partial charge in [-0.2, -0.15) is 0 Å². The molecule has 0 saturated carbocycles. The fourth-order valence-corrected chi connectivity index (χ4v) is 3.33. The van der Waals surface area contributed by atoms with Crippen LogP contribution in [0.5, 0.6) is 0 Å². The van der Waals surface area contributed by atoms with Gasteiger partial charge in [-0.05, 0) is 24.2 Å². The maximum absolute atomic E-state index is 11.7. The lowest BCUT2D eigenvalue weighted by Gasteiger charge is -2.18. The summed E-state index contributed by atoms with van der Waals surface area (Å²) in [5, 5.41) is -0.126. The number of nitrogens with one attached hydrogen (secondary N) is 1. The molecule has 0 aromatic carbocycles. The van der Waals surface area contributed by atoms with Crippen LogP contribution >= 0.6 is 11.6 Å². The summed E-state index contributed by atoms with van der Waals surface area (Å²) in [6.45, 7) is 10.6. The van der Waals surface area contributed by atoms with Crippen LogP contribution < -0.4 is 4.72 Å². The predicted octanol–water partition coefficient (Wildman–Crippen LogP) is 3.00. The topological polar surface area (TPSA) is 46.2 Å². The van der Waals surface area contributed by atoms with Gasteiger partial charge in [0.15, 0.2) is 0 Å². The van der Waals surface area contributed by atoms with Crippen molar-refractivity contribution < 1.29 is 8.42 Å². The third kappa shape index (κ3) is 11.0. The number of hydrogen-bond donors (Lipinski definition) is 1. The molecule has 0 aliphatic carbocycles. The minimum Gasteiger partial charge on any atom is -0.214 e. The fraction of sp³-hybridized carbons (Fsp3) is 1.00. The summed E-state index contributed by atoms with van der Waals surface area (Å²) in [6.07, 6.45) is 1.48. The Morgan fingerprint density at radius 2 is 1.76 bits per heavy atom. The van der Waals surface area contributed by atoms with Crippen LogP contribution in [0.2, 0.25) is 0 Å². The van der Waals surface area contributed by atoms with Crippen molar-refractivity contribution in [2.75, 3.05) is 12.3 Å². The van der Waals surface area contributed by atoms with Gasteiger partial charge in [0.1, 0.15) is 0 Å². The Morgan fingerprint density at radius 3 is 2.18 bits per heavy atom. The summed E-state index contributed by atoms with van der Waals surface area (Å²) in [7, 11) is -3.18. The summed E-state index contributed by atoms with van der Waals surface area (Å²) >= 11 is 6.04. The van der Waals surface area contributed by atoms with E-state index in [0.717, 1.165) is 6.42 Å². The maximum Gasteiger partial charge on any atom is 0.211 e. The molecule has 0 spiro atoms. The van der Waals surface area contributed by atoms with E-state index in [1.54, 1.807) is 0 Å². The third-order valence-corrected chi connectivity index (χ3v) is 4.05. The first kappa shape index (κ1) is 17.2. The van der Waals surface area contributed by atoms with E-state index in [1.807, 2.05) is 20.8 Å². The fourth-order valence-electron chi connectivity index (χ4n) is 1.32. The van der Waals surface area contributed by atoms with Gasteiger partial charge in [0.25, 0.3) is 0 Å². The minimum absolute atomic E-state index is 0.0348. The van der Waals surface area contributed by atoms with Crippen molar-refractivity contribution in [2.24, 2.45) is 11.3 Å². The van der Waals surface area contributed by atoms with E-state index < -0.39 is 10.0 Å². The van der Waals surface area contributed by atoms with Crippen LogP contribution in [-0.4, -0.2) is 26.1 Å². The lowest BCUT2D eigenvalue weighted by atomic mass is 9.94. The SMILES string of the molecule is CC(C)CC(Cl)CNS(=O)(=O)CCC(C)(C)C. The number of rotatable bonds is 7. The molecule has 17 heavy (non-hydrogen) atoms. The first-order valence-corrected chi connectivity index (χ1v) is 8.22. The number of sulfonamides is 1. The molecule has 3 nitrogen and oxygen atoms in total. The average molecular weight is 284 g/mol. The highest BCUT2D eigenvalue weighted by Crippen LogP contribution is 2.19. The van der Waals surface area contributed by atoms with Gasteiger partial charge < -0.3 is 0 Å². The number of halogens is 1. The van der Waals surface area contributed by atoms with Crippen molar-refractivity contribution in [1.82, 2.24) is 4.72 Å². The molecule has 0 rings (SSSR count). The summed E-state index contributed by atoms with van der Waals surface area (Å²) in [5.74, 6) is 0.651. The zero-order valence-electron chi connectivity index (χ0n) is 11.6. The van der Waals surface area contributed by atoms with E-state index in [2.05, 4.69) is 18.6 Å². The zero-order chi connectivity index (χ0) is 13.7. The number of hydrogen-bond acceptors (Lipinski definition) is 2. The second-order valence-corrected chi connectivity index (χ2v) is 8.75. The van der Waals surface area contributed by atoms with Gasteiger partial charge >= 0.3 is 0 Å². The molecular formula is C12H26ClNO2S. The summed E-state index contributed by atoms with van der Waals surface area (Å²) in [5.41, 5.74) is 0.0348. The normalized spacial score (nSPS) is 15.2. The van der Waals surface area contributed by atoms with Crippen LogP contribution in [0.4, 0.5) is 0 Å². The summed E-state index contributed by atoms with van der Waals surface area (Å²) in [4.78, 5) is 0. The molecule has 0 heterocycles. The van der Waals surface area contributed by atoms with Crippen LogP contribution in [0.1, 0.15) is 47.5 Å². The monoisotopic (exact) mass is 283 g/mol. The summed E-state index contributed by atoms with van der Waals surface area (Å²) < 4.78 is 26.0. The van der Waals surface area contributed by atoms with E-state index >= 15 is 0 Å². The van der Waals surface area contributed by atoms with Gasteiger partial charge in [-0.1, -0.05) is 34.6 Å². The van der Waals surface area contributed by atoms with Gasteiger partial charge in [-0.15, -0.1) is 11.6 Å². The molecule has 0 saturated heterocycles. The molecule has 0 amide bonds. The molecule has 0 aliphatic rings.